The largest absolute Gasteiger partial charge is 0.493 e. The number of aromatic nitrogens is 5. The van der Waals surface area contributed by atoms with Gasteiger partial charge in [-0.3, -0.25) is 19.4 Å². The molecule has 0 aliphatic heterocycles. The number of carbonyl (C=O) groups excluding carboxylic acids is 1. The number of hydrogen-bond donors (Lipinski definition) is 2. The molecule has 2 heterocycles. The Morgan fingerprint density at radius 2 is 2.00 bits per heavy atom. The number of carbonyl (C=O) groups is 1. The molecular formula is C28H31ClN6O3. The minimum Gasteiger partial charge on any atom is -0.493 e. The van der Waals surface area contributed by atoms with Gasteiger partial charge in [0.25, 0.3) is 5.56 Å². The first kappa shape index (κ1) is 25.8. The number of aromatic amines is 1. The summed E-state index contributed by atoms with van der Waals surface area (Å²) in [6.07, 6.45) is 3.15. The van der Waals surface area contributed by atoms with Gasteiger partial charge in [-0.05, 0) is 63.4 Å². The molecule has 5 rings (SSSR count). The molecule has 2 aromatic carbocycles. The third-order valence-corrected chi connectivity index (χ3v) is 7.45. The predicted molar refractivity (Wildman–Crippen MR) is 147 cm³/mol. The Balaban J connectivity index is 1.33. The number of nitrogens with zero attached hydrogens (tertiary/aromatic N) is 4. The van der Waals surface area contributed by atoms with E-state index in [4.69, 9.17) is 21.3 Å². The van der Waals surface area contributed by atoms with E-state index in [0.29, 0.717) is 41.0 Å². The molecular weight excluding hydrogens is 504 g/mol. The maximum Gasteiger partial charge on any atom is 0.295 e. The zero-order chi connectivity index (χ0) is 26.8. The molecule has 0 spiro atoms. The summed E-state index contributed by atoms with van der Waals surface area (Å²) in [5.41, 5.74) is 2.24. The number of benzene rings is 2. The maximum atomic E-state index is 13.3. The van der Waals surface area contributed by atoms with Gasteiger partial charge >= 0.3 is 0 Å². The van der Waals surface area contributed by atoms with Crippen LogP contribution in [0.3, 0.4) is 0 Å². The van der Waals surface area contributed by atoms with Crippen LogP contribution in [0.25, 0.3) is 17.1 Å². The van der Waals surface area contributed by atoms with Crippen molar-refractivity contribution in [3.63, 3.8) is 0 Å². The van der Waals surface area contributed by atoms with Crippen LogP contribution >= 0.6 is 11.6 Å². The molecule has 0 saturated heterocycles. The van der Waals surface area contributed by atoms with E-state index >= 15 is 0 Å². The quantitative estimate of drug-likeness (QED) is 0.337. The van der Waals surface area contributed by atoms with E-state index in [0.717, 1.165) is 36.3 Å². The Morgan fingerprint density at radius 3 is 2.76 bits per heavy atom. The van der Waals surface area contributed by atoms with E-state index in [9.17, 15) is 9.59 Å². The lowest BCUT2D eigenvalue weighted by atomic mass is 9.80. The lowest BCUT2D eigenvalue weighted by Crippen LogP contribution is -2.30. The van der Waals surface area contributed by atoms with Crippen LogP contribution in [0.5, 0.6) is 5.75 Å². The average Bonchev–Trinajstić information content (AvgIpc) is 3.50. The van der Waals surface area contributed by atoms with E-state index in [1.807, 2.05) is 57.3 Å². The normalized spacial score (nSPS) is 17.4. The Kier molecular flexibility index (Phi) is 7.37. The van der Waals surface area contributed by atoms with Crippen molar-refractivity contribution in [1.82, 2.24) is 24.5 Å². The number of rotatable bonds is 7. The van der Waals surface area contributed by atoms with E-state index in [1.54, 1.807) is 21.5 Å². The zero-order valence-electron chi connectivity index (χ0n) is 21.7. The van der Waals surface area contributed by atoms with Gasteiger partial charge in [-0.2, -0.15) is 5.10 Å². The van der Waals surface area contributed by atoms with Gasteiger partial charge in [0.15, 0.2) is 5.82 Å². The Morgan fingerprint density at radius 1 is 1.21 bits per heavy atom. The smallest absolute Gasteiger partial charge is 0.295 e. The second kappa shape index (κ2) is 10.9. The predicted octanol–water partition coefficient (Wildman–Crippen LogP) is 5.23. The number of hydrogen-bond acceptors (Lipinski definition) is 5. The van der Waals surface area contributed by atoms with Gasteiger partial charge in [0, 0.05) is 23.9 Å². The Hall–Kier alpha value is -3.85. The minimum absolute atomic E-state index is 0.0494. The van der Waals surface area contributed by atoms with Crippen molar-refractivity contribution in [1.29, 1.82) is 0 Å². The van der Waals surface area contributed by atoms with Crippen LogP contribution < -0.4 is 15.6 Å². The molecule has 9 nitrogen and oxygen atoms in total. The van der Waals surface area contributed by atoms with Gasteiger partial charge in [-0.15, -0.1) is 0 Å². The van der Waals surface area contributed by atoms with Crippen LogP contribution in [-0.2, 0) is 11.8 Å². The molecule has 10 heteroatoms. The lowest BCUT2D eigenvalue weighted by molar-refractivity contribution is -0.121. The van der Waals surface area contributed by atoms with Crippen LogP contribution in [-0.4, -0.2) is 37.1 Å². The topological polar surface area (TPSA) is 107 Å². The monoisotopic (exact) mass is 534 g/mol. The van der Waals surface area contributed by atoms with Crippen LogP contribution in [0.4, 0.5) is 5.69 Å². The highest BCUT2D eigenvalue weighted by Gasteiger charge is 2.31. The molecule has 0 bridgehead atoms. The van der Waals surface area contributed by atoms with Crippen LogP contribution in [0, 0.1) is 12.8 Å². The molecule has 1 aliphatic carbocycles. The van der Waals surface area contributed by atoms with Gasteiger partial charge in [0.05, 0.1) is 23.6 Å². The van der Waals surface area contributed by atoms with Crippen molar-refractivity contribution in [2.45, 2.75) is 45.4 Å². The second-order valence-electron chi connectivity index (χ2n) is 9.60. The Labute approximate surface area is 225 Å². The van der Waals surface area contributed by atoms with Gasteiger partial charge in [-0.1, -0.05) is 36.2 Å². The molecule has 1 amide bonds. The molecule has 4 aromatic rings. The third-order valence-electron chi connectivity index (χ3n) is 7.22. The van der Waals surface area contributed by atoms with Gasteiger partial charge in [0.1, 0.15) is 17.3 Å². The van der Waals surface area contributed by atoms with Crippen LogP contribution in [0.2, 0.25) is 5.02 Å². The summed E-state index contributed by atoms with van der Waals surface area (Å²) in [5, 5.41) is 11.0. The number of para-hydroxylation sites is 1. The summed E-state index contributed by atoms with van der Waals surface area (Å²) in [6, 6.07) is 14.8. The lowest BCUT2D eigenvalue weighted by Gasteiger charge is -2.26. The summed E-state index contributed by atoms with van der Waals surface area (Å²) in [7, 11) is 1.81. The number of H-pyrrole nitrogens is 1. The Bertz CT molecular complexity index is 1510. The highest BCUT2D eigenvalue weighted by atomic mass is 35.5. The molecule has 198 valence electrons. The second-order valence-corrected chi connectivity index (χ2v) is 10.0. The van der Waals surface area contributed by atoms with Crippen molar-refractivity contribution in [3.05, 3.63) is 75.4 Å². The van der Waals surface area contributed by atoms with Gasteiger partial charge in [-0.25, -0.2) is 9.67 Å². The number of anilines is 1. The fourth-order valence-electron chi connectivity index (χ4n) is 5.15. The first-order chi connectivity index (χ1) is 18.4. The summed E-state index contributed by atoms with van der Waals surface area (Å²) >= 11 is 6.22. The fourth-order valence-corrected chi connectivity index (χ4v) is 5.32. The SMILES string of the molecule is CCOc1ccc(Cl)cc1-c1n[nH]c([C@H]2CCC[C@@H](C(=O)Nc3c(C)n(C)n(-c4ccccc4)c3=O)C2)n1. The van der Waals surface area contributed by atoms with E-state index < -0.39 is 0 Å². The standard InChI is InChI=1S/C28H31ClN6O3/c1-4-38-23-14-13-20(29)16-22(23)26-31-25(32-33-26)18-9-8-10-19(15-18)27(36)30-24-17(2)34(3)35(28(24)37)21-11-6-5-7-12-21/h5-7,11-14,16,18-19H,4,8-10,15H2,1-3H3,(H,30,36)(H,31,32,33)/t18-,19+/m0/s1. The molecule has 2 atom stereocenters. The zero-order valence-corrected chi connectivity index (χ0v) is 22.5. The maximum absolute atomic E-state index is 13.3. The summed E-state index contributed by atoms with van der Waals surface area (Å²) in [4.78, 5) is 31.3. The average molecular weight is 535 g/mol. The van der Waals surface area contributed by atoms with E-state index in [1.165, 1.54) is 0 Å². The molecule has 1 fully saturated rings. The molecule has 0 radical (unpaired) electrons. The number of nitrogens with one attached hydrogen (secondary N) is 2. The molecule has 1 aliphatic rings. The molecule has 2 aromatic heterocycles. The van der Waals surface area contributed by atoms with Crippen molar-refractivity contribution < 1.29 is 9.53 Å². The summed E-state index contributed by atoms with van der Waals surface area (Å²) in [6.45, 7) is 4.27. The van der Waals surface area contributed by atoms with Gasteiger partial charge in [0.2, 0.25) is 5.91 Å². The molecule has 1 saturated carbocycles. The number of ether oxygens (including phenoxy) is 1. The van der Waals surface area contributed by atoms with Crippen molar-refractivity contribution in [2.24, 2.45) is 13.0 Å². The van der Waals surface area contributed by atoms with Gasteiger partial charge < -0.3 is 10.1 Å². The van der Waals surface area contributed by atoms with Crippen molar-refractivity contribution in [2.75, 3.05) is 11.9 Å². The fraction of sp³-hybridized carbons (Fsp3) is 0.357. The van der Waals surface area contributed by atoms with Crippen molar-refractivity contribution in [3.8, 4) is 22.8 Å². The number of halogens is 1. The summed E-state index contributed by atoms with van der Waals surface area (Å²) in [5.74, 6) is 1.59. The molecule has 38 heavy (non-hydrogen) atoms. The van der Waals surface area contributed by atoms with Crippen LogP contribution in [0.15, 0.2) is 53.3 Å². The van der Waals surface area contributed by atoms with E-state index in [2.05, 4.69) is 15.5 Å². The molecule has 2 N–H and O–H groups in total. The highest BCUT2D eigenvalue weighted by molar-refractivity contribution is 6.30. The van der Waals surface area contributed by atoms with Crippen LogP contribution in [0.1, 0.15) is 50.0 Å². The highest BCUT2D eigenvalue weighted by Crippen LogP contribution is 2.37. The first-order valence-electron chi connectivity index (χ1n) is 12.9. The van der Waals surface area contributed by atoms with Crippen molar-refractivity contribution >= 4 is 23.2 Å². The third kappa shape index (κ3) is 4.98. The number of amides is 1. The summed E-state index contributed by atoms with van der Waals surface area (Å²) < 4.78 is 9.06. The minimum atomic E-state index is -0.247. The molecule has 0 unspecified atom stereocenters. The first-order valence-corrected chi connectivity index (χ1v) is 13.2. The van der Waals surface area contributed by atoms with E-state index in [-0.39, 0.29) is 23.3 Å².